The fourth-order valence-corrected chi connectivity index (χ4v) is 4.83. The van der Waals surface area contributed by atoms with Gasteiger partial charge in [-0.1, -0.05) is 41.9 Å². The van der Waals surface area contributed by atoms with E-state index in [-0.39, 0.29) is 41.1 Å². The highest BCUT2D eigenvalue weighted by Gasteiger charge is 2.39. The predicted octanol–water partition coefficient (Wildman–Crippen LogP) is 6.31. The third kappa shape index (κ3) is 5.59. The number of carbonyl (C=O) groups excluding carboxylic acids is 1. The van der Waals surface area contributed by atoms with Gasteiger partial charge in [0.05, 0.1) is 28.6 Å². The van der Waals surface area contributed by atoms with E-state index < -0.39 is 23.6 Å². The van der Waals surface area contributed by atoms with Crippen LogP contribution in [0.25, 0.3) is 11.3 Å². The molecule has 178 valence electrons. The van der Waals surface area contributed by atoms with Crippen molar-refractivity contribution in [1.82, 2.24) is 4.98 Å². The Balaban J connectivity index is 1.65. The number of nitrogens with zero attached hydrogens (tertiary/aromatic N) is 2. The minimum atomic E-state index is -4.53. The van der Waals surface area contributed by atoms with Gasteiger partial charge in [0, 0.05) is 17.0 Å². The number of aromatic nitrogens is 1. The van der Waals surface area contributed by atoms with E-state index in [1.54, 1.807) is 5.38 Å². The van der Waals surface area contributed by atoms with E-state index in [2.05, 4.69) is 4.98 Å². The molecule has 2 aromatic carbocycles. The van der Waals surface area contributed by atoms with Gasteiger partial charge in [-0.15, -0.1) is 11.3 Å². The summed E-state index contributed by atoms with van der Waals surface area (Å²) in [5.41, 5.74) is 0.343. The number of rotatable bonds is 8. The quantitative estimate of drug-likeness (QED) is 0.387. The summed E-state index contributed by atoms with van der Waals surface area (Å²) in [5.74, 6) is -2.24. The van der Waals surface area contributed by atoms with Crippen molar-refractivity contribution in [2.45, 2.75) is 37.9 Å². The minimum Gasteiger partial charge on any atom is -0.481 e. The first-order valence-electron chi connectivity index (χ1n) is 10.5. The van der Waals surface area contributed by atoms with Crippen LogP contribution in [0.3, 0.4) is 0 Å². The molecular weight excluding hydrogens is 489 g/mol. The Labute approximate surface area is 202 Å². The highest BCUT2D eigenvalue weighted by Crippen LogP contribution is 2.40. The SMILES string of the molecule is O=C(O)CC(Cc1ccccc1)C(=O)N(c1nc(-c2cc(C(F)(F)F)ccc2Cl)cs1)C1CC1. The Kier molecular flexibility index (Phi) is 6.95. The molecule has 0 bridgehead atoms. The molecule has 1 fully saturated rings. The predicted molar refractivity (Wildman–Crippen MR) is 124 cm³/mol. The second-order valence-electron chi connectivity index (χ2n) is 8.13. The monoisotopic (exact) mass is 508 g/mol. The topological polar surface area (TPSA) is 70.5 Å². The molecule has 5 nitrogen and oxygen atoms in total. The van der Waals surface area contributed by atoms with E-state index in [0.717, 1.165) is 41.9 Å². The van der Waals surface area contributed by atoms with Gasteiger partial charge >= 0.3 is 12.1 Å². The number of amides is 1. The van der Waals surface area contributed by atoms with Gasteiger partial charge in [0.25, 0.3) is 0 Å². The number of carboxylic acid groups (broad SMARTS) is 1. The van der Waals surface area contributed by atoms with Crippen molar-refractivity contribution in [2.75, 3.05) is 4.90 Å². The van der Waals surface area contributed by atoms with Gasteiger partial charge in [0.1, 0.15) is 0 Å². The van der Waals surface area contributed by atoms with Gasteiger partial charge in [0.2, 0.25) is 5.91 Å². The Morgan fingerprint density at radius 3 is 2.50 bits per heavy atom. The second-order valence-corrected chi connectivity index (χ2v) is 9.38. The number of aliphatic carboxylic acids is 1. The lowest BCUT2D eigenvalue weighted by Gasteiger charge is -2.25. The second kappa shape index (κ2) is 9.76. The van der Waals surface area contributed by atoms with E-state index in [1.807, 2.05) is 30.3 Å². The molecule has 1 heterocycles. The largest absolute Gasteiger partial charge is 0.481 e. The fraction of sp³-hybridized carbons (Fsp3) is 0.292. The summed E-state index contributed by atoms with van der Waals surface area (Å²) in [4.78, 5) is 31.0. The van der Waals surface area contributed by atoms with E-state index in [0.29, 0.717) is 5.13 Å². The summed E-state index contributed by atoms with van der Waals surface area (Å²) < 4.78 is 39.5. The Morgan fingerprint density at radius 1 is 1.18 bits per heavy atom. The van der Waals surface area contributed by atoms with Crippen LogP contribution in [0.4, 0.5) is 18.3 Å². The number of benzene rings is 2. The Bertz CT molecular complexity index is 1200. The Morgan fingerprint density at radius 2 is 1.88 bits per heavy atom. The maximum atomic E-state index is 13.5. The number of anilines is 1. The molecule has 4 rings (SSSR count). The zero-order chi connectivity index (χ0) is 24.5. The standard InChI is InChI=1S/C24H20ClF3N2O3S/c25-19-9-6-16(24(26,27)28)12-18(19)20-13-34-23(29-20)30(17-7-8-17)22(33)15(11-21(31)32)10-14-4-2-1-3-5-14/h1-6,9,12-13,15,17H,7-8,10-11H2,(H,31,32). The molecule has 1 aliphatic carbocycles. The van der Waals surface area contributed by atoms with Crippen molar-refractivity contribution >= 4 is 39.9 Å². The van der Waals surface area contributed by atoms with E-state index in [9.17, 15) is 27.9 Å². The molecule has 0 radical (unpaired) electrons. The third-order valence-electron chi connectivity index (χ3n) is 5.51. The molecule has 1 atom stereocenters. The molecule has 0 saturated heterocycles. The van der Waals surface area contributed by atoms with Gasteiger partial charge in [-0.2, -0.15) is 13.2 Å². The first kappa shape index (κ1) is 24.2. The van der Waals surface area contributed by atoms with Gasteiger partial charge in [-0.3, -0.25) is 14.5 Å². The highest BCUT2D eigenvalue weighted by molar-refractivity contribution is 7.14. The number of hydrogen-bond acceptors (Lipinski definition) is 4. The molecule has 1 saturated carbocycles. The summed E-state index contributed by atoms with van der Waals surface area (Å²) in [5, 5.41) is 11.4. The lowest BCUT2D eigenvalue weighted by atomic mass is 9.94. The number of carboxylic acids is 1. The molecule has 1 N–H and O–H groups in total. The number of hydrogen-bond donors (Lipinski definition) is 1. The average Bonchev–Trinajstić information content (AvgIpc) is 3.49. The summed E-state index contributed by atoms with van der Waals surface area (Å²) in [6.45, 7) is 0. The molecule has 0 spiro atoms. The van der Waals surface area contributed by atoms with Gasteiger partial charge in [0.15, 0.2) is 5.13 Å². The lowest BCUT2D eigenvalue weighted by molar-refractivity contribution is -0.140. The molecule has 1 unspecified atom stereocenters. The van der Waals surface area contributed by atoms with Crippen LogP contribution in [-0.4, -0.2) is 28.0 Å². The van der Waals surface area contributed by atoms with Crippen LogP contribution in [0.2, 0.25) is 5.02 Å². The summed E-state index contributed by atoms with van der Waals surface area (Å²) in [6.07, 6.45) is -3.12. The highest BCUT2D eigenvalue weighted by atomic mass is 35.5. The van der Waals surface area contributed by atoms with Crippen LogP contribution < -0.4 is 4.90 Å². The van der Waals surface area contributed by atoms with Crippen molar-refractivity contribution in [2.24, 2.45) is 5.92 Å². The van der Waals surface area contributed by atoms with Crippen LogP contribution in [0.5, 0.6) is 0 Å². The van der Waals surface area contributed by atoms with Gasteiger partial charge < -0.3 is 5.11 Å². The first-order valence-corrected chi connectivity index (χ1v) is 11.8. The van der Waals surface area contributed by atoms with Crippen LogP contribution >= 0.6 is 22.9 Å². The zero-order valence-electron chi connectivity index (χ0n) is 17.8. The molecular formula is C24H20ClF3N2O3S. The maximum Gasteiger partial charge on any atom is 0.416 e. The fourth-order valence-electron chi connectivity index (χ4n) is 3.71. The number of alkyl halides is 3. The van der Waals surface area contributed by atoms with Crippen molar-refractivity contribution in [3.8, 4) is 11.3 Å². The number of thiazole rings is 1. The molecule has 34 heavy (non-hydrogen) atoms. The van der Waals surface area contributed by atoms with Gasteiger partial charge in [-0.25, -0.2) is 4.98 Å². The number of carbonyl (C=O) groups is 2. The summed E-state index contributed by atoms with van der Waals surface area (Å²) in [7, 11) is 0. The van der Waals surface area contributed by atoms with Crippen molar-refractivity contribution < 1.29 is 27.9 Å². The van der Waals surface area contributed by atoms with Crippen molar-refractivity contribution in [3.05, 3.63) is 70.1 Å². The smallest absolute Gasteiger partial charge is 0.416 e. The third-order valence-corrected chi connectivity index (χ3v) is 6.68. The van der Waals surface area contributed by atoms with Crippen molar-refractivity contribution in [3.63, 3.8) is 0 Å². The molecule has 1 aromatic heterocycles. The van der Waals surface area contributed by atoms with E-state index in [1.165, 1.54) is 11.0 Å². The van der Waals surface area contributed by atoms with Gasteiger partial charge in [-0.05, 0) is 43.0 Å². The average molecular weight is 509 g/mol. The molecule has 10 heteroatoms. The minimum absolute atomic E-state index is 0.113. The molecule has 1 aliphatic rings. The molecule has 0 aliphatic heterocycles. The van der Waals surface area contributed by atoms with Crippen molar-refractivity contribution in [1.29, 1.82) is 0 Å². The molecule has 1 amide bonds. The Hall–Kier alpha value is -2.91. The van der Waals surface area contributed by atoms with E-state index in [4.69, 9.17) is 11.6 Å². The maximum absolute atomic E-state index is 13.5. The zero-order valence-corrected chi connectivity index (χ0v) is 19.3. The summed E-state index contributed by atoms with van der Waals surface area (Å²) in [6, 6.07) is 12.0. The summed E-state index contributed by atoms with van der Waals surface area (Å²) >= 11 is 7.28. The normalized spacial score (nSPS) is 14.6. The van der Waals surface area contributed by atoms with Crippen LogP contribution in [0.1, 0.15) is 30.4 Å². The first-order chi connectivity index (χ1) is 16.1. The van der Waals surface area contributed by atoms with Crippen LogP contribution in [0.15, 0.2) is 53.9 Å². The van der Waals surface area contributed by atoms with Crippen LogP contribution in [0, 0.1) is 5.92 Å². The van der Waals surface area contributed by atoms with Crippen LogP contribution in [-0.2, 0) is 22.2 Å². The number of halogens is 4. The lowest BCUT2D eigenvalue weighted by Crippen LogP contribution is -2.39. The van der Waals surface area contributed by atoms with E-state index >= 15 is 0 Å². The molecule has 3 aromatic rings.